The number of halogens is 1. The molecular formula is C21H24ClN3O3S. The maximum absolute atomic E-state index is 12.9. The van der Waals surface area contributed by atoms with Gasteiger partial charge in [-0.2, -0.15) is 11.3 Å². The molecule has 8 heteroatoms. The van der Waals surface area contributed by atoms with Crippen LogP contribution in [0.5, 0.6) is 5.75 Å². The summed E-state index contributed by atoms with van der Waals surface area (Å²) in [6.45, 7) is 2.67. The number of ether oxygens (including phenoxy) is 1. The third-order valence-electron chi connectivity index (χ3n) is 5.33. The fourth-order valence-corrected chi connectivity index (χ4v) is 4.44. The quantitative estimate of drug-likeness (QED) is 0.697. The number of benzene rings is 1. The first-order chi connectivity index (χ1) is 14.0. The van der Waals surface area contributed by atoms with Crippen LogP contribution in [-0.4, -0.2) is 43.0 Å². The Bertz CT molecular complexity index is 899. The van der Waals surface area contributed by atoms with Crippen LogP contribution < -0.4 is 15.4 Å². The minimum absolute atomic E-state index is 0.0391. The molecule has 4 rings (SSSR count). The van der Waals surface area contributed by atoms with Gasteiger partial charge in [0.15, 0.2) is 0 Å². The van der Waals surface area contributed by atoms with Crippen molar-refractivity contribution in [2.45, 2.75) is 31.8 Å². The molecule has 1 aliphatic heterocycles. The lowest BCUT2D eigenvalue weighted by atomic mass is 10.1. The maximum atomic E-state index is 12.9. The second-order valence-electron chi connectivity index (χ2n) is 7.62. The standard InChI is InChI=1S/C21H24ClN3O3S/c1-28-19-9-18(24-20(26)14-2-3-14)17(22)8-16(19)21(27)23-15-4-6-25(11-15)10-13-5-7-29-12-13/h5,7-9,12,14-15H,2-4,6,10-11H2,1H3,(H,23,27)(H,24,26)/t15-/m0/s1. The average molecular weight is 434 g/mol. The molecule has 154 valence electrons. The van der Waals surface area contributed by atoms with Crippen LogP contribution in [0, 0.1) is 5.92 Å². The van der Waals surface area contributed by atoms with Gasteiger partial charge in [0.25, 0.3) is 5.91 Å². The molecule has 1 aromatic heterocycles. The van der Waals surface area contributed by atoms with E-state index in [1.165, 1.54) is 12.7 Å². The van der Waals surface area contributed by atoms with Crippen molar-refractivity contribution in [1.82, 2.24) is 10.2 Å². The average Bonchev–Trinajstić information content (AvgIpc) is 3.28. The fourth-order valence-electron chi connectivity index (χ4n) is 3.57. The molecule has 2 amide bonds. The number of rotatable bonds is 7. The highest BCUT2D eigenvalue weighted by Crippen LogP contribution is 2.34. The van der Waals surface area contributed by atoms with Crippen molar-refractivity contribution < 1.29 is 14.3 Å². The van der Waals surface area contributed by atoms with Crippen molar-refractivity contribution in [2.24, 2.45) is 5.92 Å². The Morgan fingerprint density at radius 1 is 1.31 bits per heavy atom. The van der Waals surface area contributed by atoms with E-state index in [1.54, 1.807) is 23.5 Å². The minimum atomic E-state index is -0.216. The summed E-state index contributed by atoms with van der Waals surface area (Å²) in [4.78, 5) is 27.2. The van der Waals surface area contributed by atoms with Crippen LogP contribution in [-0.2, 0) is 11.3 Å². The lowest BCUT2D eigenvalue weighted by Gasteiger charge is -2.18. The molecule has 2 aliphatic rings. The first-order valence-electron chi connectivity index (χ1n) is 9.76. The SMILES string of the molecule is COc1cc(NC(=O)C2CC2)c(Cl)cc1C(=O)N[C@H]1CCN(Cc2ccsc2)C1. The van der Waals surface area contributed by atoms with E-state index in [0.29, 0.717) is 22.0 Å². The number of anilines is 1. The molecule has 6 nitrogen and oxygen atoms in total. The van der Waals surface area contributed by atoms with Gasteiger partial charge in [0, 0.05) is 37.7 Å². The number of methoxy groups -OCH3 is 1. The normalized spacial score (nSPS) is 19.2. The number of amides is 2. The third kappa shape index (κ3) is 4.91. The van der Waals surface area contributed by atoms with E-state index in [-0.39, 0.29) is 23.8 Å². The maximum Gasteiger partial charge on any atom is 0.255 e. The molecule has 1 saturated carbocycles. The molecule has 0 radical (unpaired) electrons. The highest BCUT2D eigenvalue weighted by molar-refractivity contribution is 7.07. The highest BCUT2D eigenvalue weighted by atomic mass is 35.5. The number of hydrogen-bond acceptors (Lipinski definition) is 5. The molecule has 29 heavy (non-hydrogen) atoms. The molecule has 1 atom stereocenters. The van der Waals surface area contributed by atoms with Gasteiger partial charge in [0.2, 0.25) is 5.91 Å². The Morgan fingerprint density at radius 2 is 2.14 bits per heavy atom. The molecule has 2 N–H and O–H groups in total. The Balaban J connectivity index is 1.40. The van der Waals surface area contributed by atoms with E-state index >= 15 is 0 Å². The van der Waals surface area contributed by atoms with E-state index < -0.39 is 0 Å². The summed E-state index contributed by atoms with van der Waals surface area (Å²) >= 11 is 8.03. The van der Waals surface area contributed by atoms with Crippen molar-refractivity contribution in [3.8, 4) is 5.75 Å². The zero-order chi connectivity index (χ0) is 20.4. The molecular weight excluding hydrogens is 410 g/mol. The van der Waals surface area contributed by atoms with E-state index in [4.69, 9.17) is 16.3 Å². The van der Waals surface area contributed by atoms with Crippen LogP contribution in [0.25, 0.3) is 0 Å². The molecule has 1 aliphatic carbocycles. The zero-order valence-electron chi connectivity index (χ0n) is 16.2. The van der Waals surface area contributed by atoms with Gasteiger partial charge in [0.05, 0.1) is 23.4 Å². The number of hydrogen-bond donors (Lipinski definition) is 2. The van der Waals surface area contributed by atoms with Crippen molar-refractivity contribution in [3.63, 3.8) is 0 Å². The van der Waals surface area contributed by atoms with Crippen LogP contribution >= 0.6 is 22.9 Å². The van der Waals surface area contributed by atoms with Crippen LogP contribution in [0.1, 0.15) is 35.2 Å². The molecule has 0 unspecified atom stereocenters. The van der Waals surface area contributed by atoms with Crippen LogP contribution in [0.2, 0.25) is 5.02 Å². The second-order valence-corrected chi connectivity index (χ2v) is 8.81. The first kappa shape index (κ1) is 20.2. The molecule has 0 bridgehead atoms. The predicted molar refractivity (Wildman–Crippen MR) is 115 cm³/mol. The molecule has 2 aromatic rings. The van der Waals surface area contributed by atoms with Crippen molar-refractivity contribution in [2.75, 3.05) is 25.5 Å². The number of thiophene rings is 1. The Kier molecular flexibility index (Phi) is 6.08. The largest absolute Gasteiger partial charge is 0.496 e. The first-order valence-corrected chi connectivity index (χ1v) is 11.1. The smallest absolute Gasteiger partial charge is 0.255 e. The molecule has 1 aromatic carbocycles. The van der Waals surface area contributed by atoms with E-state index in [9.17, 15) is 9.59 Å². The lowest BCUT2D eigenvalue weighted by Crippen LogP contribution is -2.37. The number of carbonyl (C=O) groups is 2. The number of carbonyl (C=O) groups excluding carboxylic acids is 2. The van der Waals surface area contributed by atoms with Gasteiger partial charge in [-0.1, -0.05) is 11.6 Å². The van der Waals surface area contributed by atoms with Crippen molar-refractivity contribution in [3.05, 3.63) is 45.1 Å². The van der Waals surface area contributed by atoms with E-state index in [2.05, 4.69) is 32.4 Å². The fraction of sp³-hybridized carbons (Fsp3) is 0.429. The Labute approximate surface area is 179 Å². The lowest BCUT2D eigenvalue weighted by molar-refractivity contribution is -0.117. The third-order valence-corrected chi connectivity index (χ3v) is 6.38. The zero-order valence-corrected chi connectivity index (χ0v) is 17.8. The van der Waals surface area contributed by atoms with Crippen LogP contribution in [0.15, 0.2) is 29.0 Å². The Hall–Kier alpha value is -2.09. The summed E-state index contributed by atoms with van der Waals surface area (Å²) < 4.78 is 5.40. The summed E-state index contributed by atoms with van der Waals surface area (Å²) in [6.07, 6.45) is 2.72. The van der Waals surface area contributed by atoms with Gasteiger partial charge in [-0.05, 0) is 47.7 Å². The molecule has 0 spiro atoms. The van der Waals surface area contributed by atoms with Crippen LogP contribution in [0.4, 0.5) is 5.69 Å². The minimum Gasteiger partial charge on any atom is -0.496 e. The summed E-state index contributed by atoms with van der Waals surface area (Å²) in [5.41, 5.74) is 2.15. The highest BCUT2D eigenvalue weighted by Gasteiger charge is 2.30. The Morgan fingerprint density at radius 3 is 2.83 bits per heavy atom. The monoisotopic (exact) mass is 433 g/mol. The van der Waals surface area contributed by atoms with Gasteiger partial charge in [-0.25, -0.2) is 0 Å². The van der Waals surface area contributed by atoms with Gasteiger partial charge in [-0.3, -0.25) is 14.5 Å². The van der Waals surface area contributed by atoms with Crippen LogP contribution in [0.3, 0.4) is 0 Å². The van der Waals surface area contributed by atoms with Gasteiger partial charge in [0.1, 0.15) is 5.75 Å². The summed E-state index contributed by atoms with van der Waals surface area (Å²) in [5.74, 6) is 0.208. The van der Waals surface area contributed by atoms with Gasteiger partial charge in [-0.15, -0.1) is 0 Å². The molecule has 2 fully saturated rings. The van der Waals surface area contributed by atoms with Gasteiger partial charge >= 0.3 is 0 Å². The number of likely N-dealkylation sites (tertiary alicyclic amines) is 1. The predicted octanol–water partition coefficient (Wildman–Crippen LogP) is 3.76. The van der Waals surface area contributed by atoms with E-state index in [1.807, 2.05) is 0 Å². The van der Waals surface area contributed by atoms with E-state index in [0.717, 1.165) is 38.9 Å². The topological polar surface area (TPSA) is 70.7 Å². The summed E-state index contributed by atoms with van der Waals surface area (Å²) in [6, 6.07) is 5.40. The number of nitrogens with zero attached hydrogens (tertiary/aromatic N) is 1. The van der Waals surface area contributed by atoms with Gasteiger partial charge < -0.3 is 15.4 Å². The molecule has 2 heterocycles. The second kappa shape index (κ2) is 8.73. The summed E-state index contributed by atoms with van der Waals surface area (Å²) in [5, 5.41) is 10.5. The van der Waals surface area contributed by atoms with Crippen molar-refractivity contribution >= 4 is 40.4 Å². The number of nitrogens with one attached hydrogen (secondary N) is 2. The summed E-state index contributed by atoms with van der Waals surface area (Å²) in [7, 11) is 1.50. The van der Waals surface area contributed by atoms with Crippen molar-refractivity contribution in [1.29, 1.82) is 0 Å². The molecule has 1 saturated heterocycles.